The molecule has 0 bridgehead atoms. The van der Waals surface area contributed by atoms with Gasteiger partial charge < -0.3 is 46.8 Å². The molecular formula is C92H130N4O9. The predicted molar refractivity (Wildman–Crippen MR) is 419 cm³/mol. The summed E-state index contributed by atoms with van der Waals surface area (Å²) in [5.74, 6) is 1.24. The number of amides is 3. The Balaban J connectivity index is 0.000000134. The van der Waals surface area contributed by atoms with Crippen molar-refractivity contribution < 1.29 is 44.3 Å². The van der Waals surface area contributed by atoms with E-state index in [9.17, 15) is 39.6 Å². The summed E-state index contributed by atoms with van der Waals surface area (Å²) in [4.78, 5) is 52.6. The van der Waals surface area contributed by atoms with Crippen LogP contribution in [0.4, 0.5) is 4.79 Å². The standard InChI is InChI=1S/C34H48N2O4.C29H39NO3.C29H43NO2/c1-22-23-7-8-26-32(4,24(23)19-25(37)28(22)38)12-14-34(6)27-20-30(2,9-10-31(27,3)11-13-33(26,34)5)21-35-29(39)36-15-17-40-18-16-36;1-17-18-7-8-21-27(4,19(18)15-20(31)23(17)32)12-14-29(6)22-16-26(3,24(30)33)10-9-25(22,2)11-13-28(21,29)5;1-18-19-7-8-22-27(4,20(19)15-21(31)24(18)32)12-14-29(6)23-16-25(2,17-30)9-10-26(23,3)11-13-28(22,29)5/h7-8,19,27,38H,9-18,20-21H2,1-6H3,(H,35,39);7-8,15,22,32H,9-14,16H2,1-6H3,(H2,30,33);7-8,15,22-23,31-32H,9-14,16-17,30H2,1-6H3/t27-,30-,31-,32+,33-,34+;22-,25-,26-,27+,28-,29+;22?,23-,25-,26-,27+,28-,29+/m111/s1. The van der Waals surface area contributed by atoms with Crippen LogP contribution in [0.2, 0.25) is 0 Å². The number of ether oxygens (including phenoxy) is 1. The van der Waals surface area contributed by atoms with Crippen LogP contribution in [-0.2, 0) is 24.5 Å². The van der Waals surface area contributed by atoms with Crippen LogP contribution in [0.25, 0.3) is 6.08 Å². The Morgan fingerprint density at radius 1 is 0.543 bits per heavy atom. The van der Waals surface area contributed by atoms with Gasteiger partial charge in [-0.1, -0.05) is 151 Å². The maximum absolute atomic E-state index is 12.9. The number of carbonyl (C=O) groups is 4. The Morgan fingerprint density at radius 3 is 1.50 bits per heavy atom. The molecule has 15 aliphatic rings. The van der Waals surface area contributed by atoms with Gasteiger partial charge >= 0.3 is 6.03 Å². The number of aliphatic hydroxyl groups excluding tert-OH is 2. The molecule has 0 aromatic heterocycles. The minimum Gasteiger partial charge on any atom is -0.504 e. The number of phenols is 2. The second-order valence-electron chi connectivity index (χ2n) is 41.4. The van der Waals surface area contributed by atoms with E-state index in [1.807, 2.05) is 31.7 Å². The molecule has 9 saturated carbocycles. The van der Waals surface area contributed by atoms with E-state index in [1.54, 1.807) is 12.2 Å². The van der Waals surface area contributed by atoms with Gasteiger partial charge in [-0.3, -0.25) is 14.4 Å². The molecule has 9 N–H and O–H groups in total. The SMILES string of the molecule is CC1=C(O)C(=O)C=C2C1=CC=C1[C@@]2(C)CC[C@@]2(C)[C@@H]3C[C@](C)(C(N)=O)CC[C@]3(C)CC[C@]12C.CC1=C(O)C(=O)C=C2C1=CC=C1[C@@]2(C)CC[C@@]2(C)[C@@H]3C[C@](C)(CNC(=O)N4CCOCC4)CC[C@]3(C)CC[C@]12C.Cc1c(O)c(O)cc2c1C=CC1[C@@]2(C)CC[C@@]2(C)[C@@H]3C[C@](C)(CN)CC[C@]3(C)CC[C@]12C. The van der Waals surface area contributed by atoms with Crippen LogP contribution in [0.1, 0.15) is 269 Å². The summed E-state index contributed by atoms with van der Waals surface area (Å²) in [6.07, 6.45) is 40.9. The Hall–Kier alpha value is -5.92. The van der Waals surface area contributed by atoms with Crippen LogP contribution in [0.5, 0.6) is 11.5 Å². The van der Waals surface area contributed by atoms with Crippen LogP contribution in [0.15, 0.2) is 105 Å². The van der Waals surface area contributed by atoms with Crippen LogP contribution in [0, 0.1) is 106 Å². The van der Waals surface area contributed by atoms with E-state index >= 15 is 0 Å². The number of fused-ring (bicyclic) bond motifs is 21. The smallest absolute Gasteiger partial charge is 0.317 e. The molecule has 1 saturated heterocycles. The predicted octanol–water partition coefficient (Wildman–Crippen LogP) is 19.4. The van der Waals surface area contributed by atoms with Gasteiger partial charge in [0.25, 0.3) is 0 Å². The molecule has 10 fully saturated rings. The topological polar surface area (TPSA) is 226 Å². The number of aromatic hydroxyl groups is 2. The maximum Gasteiger partial charge on any atom is 0.317 e. The van der Waals surface area contributed by atoms with Gasteiger partial charge in [-0.15, -0.1) is 0 Å². The number of nitrogens with one attached hydrogen (secondary N) is 1. The molecule has 14 aliphatic carbocycles. The number of carbonyl (C=O) groups excluding carboxylic acids is 4. The summed E-state index contributed by atoms with van der Waals surface area (Å²) in [5, 5.41) is 44.8. The second kappa shape index (κ2) is 24.5. The Kier molecular flexibility index (Phi) is 17.7. The van der Waals surface area contributed by atoms with Crippen LogP contribution < -0.4 is 16.8 Å². The molecule has 0 spiro atoms. The number of hydrogen-bond donors (Lipinski definition) is 7. The minimum absolute atomic E-state index is 0.0164. The van der Waals surface area contributed by atoms with Crippen molar-refractivity contribution in [2.24, 2.45) is 111 Å². The fraction of sp³-hybridized carbons (Fsp3) is 0.696. The monoisotopic (exact) mass is 1430 g/mol. The van der Waals surface area contributed by atoms with Crippen molar-refractivity contribution in [1.29, 1.82) is 0 Å². The number of benzene rings is 1. The van der Waals surface area contributed by atoms with E-state index in [4.69, 9.17) is 16.2 Å². The molecule has 1 aromatic rings. The van der Waals surface area contributed by atoms with Gasteiger partial charge in [-0.05, 0) is 297 Å². The molecule has 13 heteroatoms. The van der Waals surface area contributed by atoms with Gasteiger partial charge in [0.15, 0.2) is 23.0 Å². The molecule has 1 unspecified atom stereocenters. The molecule has 105 heavy (non-hydrogen) atoms. The average molecular weight is 1440 g/mol. The summed E-state index contributed by atoms with van der Waals surface area (Å²) in [5.41, 5.74) is 24.9. The van der Waals surface area contributed by atoms with Gasteiger partial charge in [-0.2, -0.15) is 0 Å². The number of urea groups is 1. The molecule has 1 aliphatic heterocycles. The number of allylic oxidation sites excluding steroid dienone is 15. The molecule has 0 radical (unpaired) electrons. The van der Waals surface area contributed by atoms with Crippen LogP contribution >= 0.6 is 0 Å². The number of phenolic OH excluding ortho intramolecular Hbond substituents is 2. The average Bonchev–Trinajstić information content (AvgIpc) is 0.688. The number of rotatable bonds is 4. The molecule has 572 valence electrons. The van der Waals surface area contributed by atoms with Gasteiger partial charge in [0, 0.05) is 58.0 Å². The second-order valence-corrected chi connectivity index (χ2v) is 41.4. The first kappa shape index (κ1) is 75.9. The van der Waals surface area contributed by atoms with Crippen molar-refractivity contribution in [3.63, 3.8) is 0 Å². The number of morpholine rings is 1. The third-order valence-electron chi connectivity index (χ3n) is 36.2. The first-order valence-electron chi connectivity index (χ1n) is 40.9. The van der Waals surface area contributed by atoms with Crippen molar-refractivity contribution in [2.45, 2.75) is 265 Å². The Morgan fingerprint density at radius 2 is 0.990 bits per heavy atom. The summed E-state index contributed by atoms with van der Waals surface area (Å²) in [7, 11) is 0. The van der Waals surface area contributed by atoms with Crippen molar-refractivity contribution in [3.8, 4) is 11.5 Å². The first-order valence-corrected chi connectivity index (χ1v) is 40.9. The zero-order chi connectivity index (χ0) is 76.2. The summed E-state index contributed by atoms with van der Waals surface area (Å²) < 4.78 is 5.43. The van der Waals surface area contributed by atoms with E-state index in [2.05, 4.69) is 146 Å². The molecule has 1 aromatic carbocycles. The van der Waals surface area contributed by atoms with Crippen molar-refractivity contribution in [2.75, 3.05) is 39.4 Å². The third-order valence-corrected chi connectivity index (χ3v) is 36.2. The quantitative estimate of drug-likeness (QED) is 0.141. The normalized spacial score (nSPS) is 45.5. The van der Waals surface area contributed by atoms with Gasteiger partial charge in [-0.25, -0.2) is 4.79 Å². The lowest BCUT2D eigenvalue weighted by molar-refractivity contribution is -0.198. The van der Waals surface area contributed by atoms with Crippen molar-refractivity contribution in [1.82, 2.24) is 10.2 Å². The number of nitrogens with zero attached hydrogens (tertiary/aromatic N) is 1. The van der Waals surface area contributed by atoms with E-state index in [-0.39, 0.29) is 112 Å². The van der Waals surface area contributed by atoms with Crippen molar-refractivity contribution >= 4 is 29.6 Å². The zero-order valence-corrected chi connectivity index (χ0v) is 67.5. The lowest BCUT2D eigenvalue weighted by Crippen LogP contribution is -2.64. The van der Waals surface area contributed by atoms with E-state index in [1.165, 1.54) is 68.1 Å². The van der Waals surface area contributed by atoms with Crippen molar-refractivity contribution in [3.05, 3.63) is 121 Å². The number of ketones is 2. The molecule has 13 nitrogen and oxygen atoms in total. The largest absolute Gasteiger partial charge is 0.504 e. The fourth-order valence-corrected chi connectivity index (χ4v) is 27.6. The highest BCUT2D eigenvalue weighted by atomic mass is 16.5. The fourth-order valence-electron chi connectivity index (χ4n) is 27.6. The maximum atomic E-state index is 12.9. The summed E-state index contributed by atoms with van der Waals surface area (Å²) in [6, 6.07) is 1.91. The number of aliphatic hydroxyl groups is 2. The molecule has 16 rings (SSSR count). The molecular weight excluding hydrogens is 1310 g/mol. The minimum atomic E-state index is -0.433. The van der Waals surface area contributed by atoms with Gasteiger partial charge in [0.05, 0.1) is 13.2 Å². The number of primary amides is 1. The third kappa shape index (κ3) is 10.7. The van der Waals surface area contributed by atoms with Crippen LogP contribution in [-0.4, -0.2) is 88.2 Å². The first-order chi connectivity index (χ1) is 48.8. The van der Waals surface area contributed by atoms with Crippen LogP contribution in [0.3, 0.4) is 0 Å². The Bertz CT molecular complexity index is 4210. The number of hydrogen-bond acceptors (Lipinski definition) is 10. The molecule has 19 atom stereocenters. The molecule has 1 heterocycles. The highest BCUT2D eigenvalue weighted by molar-refractivity contribution is 6.07. The zero-order valence-electron chi connectivity index (χ0n) is 67.5. The Labute approximate surface area is 628 Å². The van der Waals surface area contributed by atoms with E-state index < -0.39 is 5.41 Å². The lowest BCUT2D eigenvalue weighted by Gasteiger charge is -2.71. The highest BCUT2D eigenvalue weighted by Gasteiger charge is 2.71. The lowest BCUT2D eigenvalue weighted by atomic mass is 9.33. The van der Waals surface area contributed by atoms with E-state index in [0.29, 0.717) is 72.0 Å². The highest BCUT2D eigenvalue weighted by Crippen LogP contribution is 2.79. The summed E-state index contributed by atoms with van der Waals surface area (Å²) in [6.45, 7) is 46.4. The molecule has 3 amide bonds. The van der Waals surface area contributed by atoms with E-state index in [0.717, 1.165) is 130 Å². The van der Waals surface area contributed by atoms with Gasteiger partial charge in [0.2, 0.25) is 17.5 Å². The van der Waals surface area contributed by atoms with Gasteiger partial charge in [0.1, 0.15) is 0 Å². The number of nitrogens with two attached hydrogens (primary N) is 2. The summed E-state index contributed by atoms with van der Waals surface area (Å²) >= 11 is 0.